The number of anilines is 1. The Balaban J connectivity index is 2.22. The van der Waals surface area contributed by atoms with Crippen LogP contribution >= 0.6 is 11.6 Å². The molecular weight excluding hydrogens is 273 g/mol. The van der Waals surface area contributed by atoms with Gasteiger partial charge in [-0.25, -0.2) is 4.39 Å². The monoisotopic (exact) mass is 291 g/mol. The molecule has 20 heavy (non-hydrogen) atoms. The number of halogens is 2. The molecule has 0 bridgehead atoms. The van der Waals surface area contributed by atoms with Gasteiger partial charge in [-0.1, -0.05) is 37.1 Å². The Morgan fingerprint density at radius 2 is 1.85 bits per heavy atom. The van der Waals surface area contributed by atoms with E-state index in [1.807, 2.05) is 37.3 Å². The quantitative estimate of drug-likeness (QED) is 0.740. The molecule has 0 aliphatic heterocycles. The molecule has 0 aromatic heterocycles. The summed E-state index contributed by atoms with van der Waals surface area (Å²) in [6.07, 6.45) is 2.03. The molecule has 0 spiro atoms. The number of hydrogen-bond donors (Lipinski definition) is 1. The summed E-state index contributed by atoms with van der Waals surface area (Å²) in [6.45, 7) is 4.03. The number of aryl methyl sites for hydroxylation is 1. The number of nitrogens with one attached hydrogen (secondary N) is 1. The summed E-state index contributed by atoms with van der Waals surface area (Å²) in [6, 6.07) is 13.0. The summed E-state index contributed by atoms with van der Waals surface area (Å²) in [7, 11) is 0. The lowest BCUT2D eigenvalue weighted by Gasteiger charge is -2.20. The average Bonchev–Trinajstić information content (AvgIpc) is 2.38. The van der Waals surface area contributed by atoms with Crippen molar-refractivity contribution in [3.05, 3.63) is 64.4 Å². The molecule has 0 saturated carbocycles. The first-order valence-corrected chi connectivity index (χ1v) is 7.25. The largest absolute Gasteiger partial charge is 0.378 e. The zero-order valence-electron chi connectivity index (χ0n) is 11.8. The molecule has 0 amide bonds. The zero-order chi connectivity index (χ0) is 14.5. The lowest BCUT2D eigenvalue weighted by atomic mass is 10.0. The maximum atomic E-state index is 13.5. The van der Waals surface area contributed by atoms with E-state index in [0.717, 1.165) is 34.7 Å². The van der Waals surface area contributed by atoms with Crippen LogP contribution < -0.4 is 5.32 Å². The van der Waals surface area contributed by atoms with E-state index in [9.17, 15) is 4.39 Å². The lowest BCUT2D eigenvalue weighted by molar-refractivity contribution is 0.625. The van der Waals surface area contributed by atoms with E-state index in [4.69, 9.17) is 11.6 Å². The second kappa shape index (κ2) is 6.76. The Kier molecular flexibility index (Phi) is 5.02. The van der Waals surface area contributed by atoms with Crippen molar-refractivity contribution >= 4 is 17.3 Å². The highest BCUT2D eigenvalue weighted by Crippen LogP contribution is 2.26. The zero-order valence-corrected chi connectivity index (χ0v) is 12.5. The fourth-order valence-corrected chi connectivity index (χ4v) is 2.45. The molecule has 0 heterocycles. The smallest absolute Gasteiger partial charge is 0.125 e. The van der Waals surface area contributed by atoms with E-state index in [2.05, 4.69) is 12.2 Å². The minimum Gasteiger partial charge on any atom is -0.378 e. The van der Waals surface area contributed by atoms with Gasteiger partial charge in [0.15, 0.2) is 0 Å². The summed E-state index contributed by atoms with van der Waals surface area (Å²) in [5, 5.41) is 4.14. The Morgan fingerprint density at radius 3 is 2.45 bits per heavy atom. The van der Waals surface area contributed by atoms with Gasteiger partial charge >= 0.3 is 0 Å². The molecule has 0 aliphatic carbocycles. The molecule has 2 aromatic carbocycles. The van der Waals surface area contributed by atoms with E-state index < -0.39 is 0 Å². The molecule has 1 atom stereocenters. The molecule has 2 aromatic rings. The second-order valence-corrected chi connectivity index (χ2v) is 5.49. The maximum Gasteiger partial charge on any atom is 0.125 e. The van der Waals surface area contributed by atoms with Crippen LogP contribution in [-0.2, 0) is 0 Å². The van der Waals surface area contributed by atoms with Crippen LogP contribution in [0.25, 0.3) is 0 Å². The predicted molar refractivity (Wildman–Crippen MR) is 83.9 cm³/mol. The van der Waals surface area contributed by atoms with E-state index in [-0.39, 0.29) is 11.9 Å². The van der Waals surface area contributed by atoms with Crippen LogP contribution in [0.2, 0.25) is 5.02 Å². The Labute approximate surface area is 124 Å². The first kappa shape index (κ1) is 14.9. The normalized spacial score (nSPS) is 12.2. The first-order valence-electron chi connectivity index (χ1n) is 6.87. The average molecular weight is 292 g/mol. The van der Waals surface area contributed by atoms with Crippen molar-refractivity contribution in [2.75, 3.05) is 5.32 Å². The summed E-state index contributed by atoms with van der Waals surface area (Å²) >= 11 is 5.93. The van der Waals surface area contributed by atoms with Crippen LogP contribution in [0.15, 0.2) is 42.5 Å². The molecule has 0 aliphatic rings. The first-order chi connectivity index (χ1) is 9.58. The van der Waals surface area contributed by atoms with Crippen LogP contribution in [0.3, 0.4) is 0 Å². The highest BCUT2D eigenvalue weighted by Gasteiger charge is 2.11. The third kappa shape index (κ3) is 3.97. The van der Waals surface area contributed by atoms with Gasteiger partial charge in [-0.2, -0.15) is 0 Å². The van der Waals surface area contributed by atoms with Crippen molar-refractivity contribution in [1.29, 1.82) is 0 Å². The third-order valence-electron chi connectivity index (χ3n) is 3.23. The third-order valence-corrected chi connectivity index (χ3v) is 3.48. The molecule has 1 nitrogen and oxygen atoms in total. The fourth-order valence-electron chi connectivity index (χ4n) is 2.33. The van der Waals surface area contributed by atoms with Crippen molar-refractivity contribution in [3.63, 3.8) is 0 Å². The van der Waals surface area contributed by atoms with E-state index in [1.54, 1.807) is 0 Å². The van der Waals surface area contributed by atoms with Crippen LogP contribution in [0.1, 0.15) is 36.9 Å². The summed E-state index contributed by atoms with van der Waals surface area (Å²) in [4.78, 5) is 0. The Bertz CT molecular complexity index is 545. The second-order valence-electron chi connectivity index (χ2n) is 5.05. The molecule has 1 N–H and O–H groups in total. The van der Waals surface area contributed by atoms with E-state index in [0.29, 0.717) is 0 Å². The van der Waals surface area contributed by atoms with Gasteiger partial charge in [0.1, 0.15) is 5.82 Å². The van der Waals surface area contributed by atoms with Crippen LogP contribution in [0.4, 0.5) is 10.1 Å². The van der Waals surface area contributed by atoms with Crippen molar-refractivity contribution in [2.24, 2.45) is 0 Å². The van der Waals surface area contributed by atoms with Gasteiger partial charge in [-0.05, 0) is 54.8 Å². The SMILES string of the molecule is CCCC(Nc1cc(C)cc(F)c1)c1ccc(Cl)cc1. The molecule has 2 rings (SSSR count). The molecule has 0 saturated heterocycles. The van der Waals surface area contributed by atoms with Gasteiger partial charge < -0.3 is 5.32 Å². The Morgan fingerprint density at radius 1 is 1.15 bits per heavy atom. The molecular formula is C17H19ClFN. The van der Waals surface area contributed by atoms with Crippen LogP contribution in [0.5, 0.6) is 0 Å². The van der Waals surface area contributed by atoms with Crippen LogP contribution in [0, 0.1) is 12.7 Å². The van der Waals surface area contributed by atoms with Crippen LogP contribution in [-0.4, -0.2) is 0 Å². The summed E-state index contributed by atoms with van der Waals surface area (Å²) in [5.41, 5.74) is 2.90. The molecule has 3 heteroatoms. The van der Waals surface area contributed by atoms with E-state index >= 15 is 0 Å². The molecule has 106 valence electrons. The maximum absolute atomic E-state index is 13.5. The topological polar surface area (TPSA) is 12.0 Å². The van der Waals surface area contributed by atoms with Crippen molar-refractivity contribution < 1.29 is 4.39 Å². The van der Waals surface area contributed by atoms with Gasteiger partial charge in [0.05, 0.1) is 6.04 Å². The predicted octanol–water partition coefficient (Wildman–Crippen LogP) is 5.74. The van der Waals surface area contributed by atoms with Crippen molar-refractivity contribution in [2.45, 2.75) is 32.7 Å². The summed E-state index contributed by atoms with van der Waals surface area (Å²) < 4.78 is 13.5. The molecule has 1 unspecified atom stereocenters. The molecule has 0 radical (unpaired) electrons. The van der Waals surface area contributed by atoms with Crippen molar-refractivity contribution in [1.82, 2.24) is 0 Å². The summed E-state index contributed by atoms with van der Waals surface area (Å²) in [5.74, 6) is -0.209. The van der Waals surface area contributed by atoms with Gasteiger partial charge in [0.25, 0.3) is 0 Å². The highest BCUT2D eigenvalue weighted by molar-refractivity contribution is 6.30. The molecule has 0 fully saturated rings. The lowest BCUT2D eigenvalue weighted by Crippen LogP contribution is -2.10. The van der Waals surface area contributed by atoms with Crippen molar-refractivity contribution in [3.8, 4) is 0 Å². The van der Waals surface area contributed by atoms with Gasteiger partial charge in [-0.15, -0.1) is 0 Å². The number of rotatable bonds is 5. The van der Waals surface area contributed by atoms with Gasteiger partial charge in [-0.3, -0.25) is 0 Å². The minimum absolute atomic E-state index is 0.165. The standard InChI is InChI=1S/C17H19ClFN/c1-3-4-17(13-5-7-14(18)8-6-13)20-16-10-12(2)9-15(19)11-16/h5-11,17,20H,3-4H2,1-2H3. The Hall–Kier alpha value is -1.54. The fraction of sp³-hybridized carbons (Fsp3) is 0.294. The van der Waals surface area contributed by atoms with Gasteiger partial charge in [0, 0.05) is 10.7 Å². The highest BCUT2D eigenvalue weighted by atomic mass is 35.5. The number of benzene rings is 2. The number of hydrogen-bond acceptors (Lipinski definition) is 1. The minimum atomic E-state index is -0.209. The van der Waals surface area contributed by atoms with Gasteiger partial charge in [0.2, 0.25) is 0 Å². The van der Waals surface area contributed by atoms with E-state index in [1.165, 1.54) is 12.1 Å².